The third-order valence-corrected chi connectivity index (χ3v) is 2.26. The summed E-state index contributed by atoms with van der Waals surface area (Å²) in [6, 6.07) is 0.276. The first-order valence-corrected chi connectivity index (χ1v) is 5.16. The highest BCUT2D eigenvalue weighted by atomic mass is 16.1. The summed E-state index contributed by atoms with van der Waals surface area (Å²) < 4.78 is 0. The Balaban J connectivity index is 3.83. The molecule has 0 rings (SSSR count). The summed E-state index contributed by atoms with van der Waals surface area (Å²) in [6.45, 7) is 6.58. The second-order valence-corrected chi connectivity index (χ2v) is 3.54. The number of nitrogens with one attached hydrogen (secondary N) is 1. The Morgan fingerprint density at radius 3 is 2.46 bits per heavy atom. The quantitative estimate of drug-likeness (QED) is 0.656. The fraction of sp³-hybridized carbons (Fsp3) is 0.900. The molecular formula is C10H22N2O. The van der Waals surface area contributed by atoms with E-state index in [-0.39, 0.29) is 17.9 Å². The summed E-state index contributed by atoms with van der Waals surface area (Å²) in [5.41, 5.74) is 5.47. The van der Waals surface area contributed by atoms with Crippen LogP contribution in [0.3, 0.4) is 0 Å². The van der Waals surface area contributed by atoms with Crippen LogP contribution in [0.1, 0.15) is 40.0 Å². The van der Waals surface area contributed by atoms with Crippen molar-refractivity contribution in [3.8, 4) is 0 Å². The van der Waals surface area contributed by atoms with Gasteiger partial charge < -0.3 is 11.1 Å². The molecule has 2 unspecified atom stereocenters. The molecular weight excluding hydrogens is 164 g/mol. The zero-order valence-corrected chi connectivity index (χ0v) is 8.97. The van der Waals surface area contributed by atoms with Gasteiger partial charge in [-0.2, -0.15) is 0 Å². The summed E-state index contributed by atoms with van der Waals surface area (Å²) in [5.74, 6) is 0.0882. The van der Waals surface area contributed by atoms with Crippen LogP contribution in [-0.2, 0) is 4.79 Å². The van der Waals surface area contributed by atoms with Crippen molar-refractivity contribution < 1.29 is 4.79 Å². The van der Waals surface area contributed by atoms with E-state index < -0.39 is 0 Å². The average Bonchev–Trinajstić information content (AvgIpc) is 2.06. The van der Waals surface area contributed by atoms with Gasteiger partial charge >= 0.3 is 0 Å². The van der Waals surface area contributed by atoms with Gasteiger partial charge in [-0.05, 0) is 19.8 Å². The average molecular weight is 186 g/mol. The molecule has 0 radical (unpaired) electrons. The highest BCUT2D eigenvalue weighted by Gasteiger charge is 2.15. The van der Waals surface area contributed by atoms with E-state index in [0.717, 1.165) is 19.3 Å². The van der Waals surface area contributed by atoms with Gasteiger partial charge in [0.2, 0.25) is 5.91 Å². The fourth-order valence-corrected chi connectivity index (χ4v) is 1.32. The zero-order valence-electron chi connectivity index (χ0n) is 8.97. The molecule has 0 aromatic rings. The lowest BCUT2D eigenvalue weighted by Crippen LogP contribution is -2.39. The van der Waals surface area contributed by atoms with Crippen molar-refractivity contribution in [2.45, 2.75) is 46.1 Å². The summed E-state index contributed by atoms with van der Waals surface area (Å²) >= 11 is 0. The fourth-order valence-electron chi connectivity index (χ4n) is 1.32. The normalized spacial score (nSPS) is 15.1. The van der Waals surface area contributed by atoms with Crippen molar-refractivity contribution in [3.63, 3.8) is 0 Å². The first-order valence-electron chi connectivity index (χ1n) is 5.16. The molecule has 3 N–H and O–H groups in total. The van der Waals surface area contributed by atoms with Gasteiger partial charge in [0.15, 0.2) is 0 Å². The molecule has 0 heterocycles. The van der Waals surface area contributed by atoms with Crippen molar-refractivity contribution in [1.82, 2.24) is 5.32 Å². The lowest BCUT2D eigenvalue weighted by molar-refractivity contribution is -0.125. The molecule has 0 saturated carbocycles. The topological polar surface area (TPSA) is 55.1 Å². The summed E-state index contributed by atoms with van der Waals surface area (Å²) in [4.78, 5) is 11.5. The molecule has 2 atom stereocenters. The van der Waals surface area contributed by atoms with Crippen LogP contribution in [0.25, 0.3) is 0 Å². The molecule has 3 heteroatoms. The highest BCUT2D eigenvalue weighted by molar-refractivity contribution is 5.79. The molecule has 0 aliphatic rings. The number of carbonyl (C=O) groups excluding carboxylic acids is 1. The molecule has 13 heavy (non-hydrogen) atoms. The number of carbonyl (C=O) groups is 1. The van der Waals surface area contributed by atoms with Crippen LogP contribution in [0.5, 0.6) is 0 Å². The predicted octanol–water partition coefficient (Wildman–Crippen LogP) is 1.28. The number of nitrogens with two attached hydrogens (primary N) is 1. The second-order valence-electron chi connectivity index (χ2n) is 3.54. The Kier molecular flexibility index (Phi) is 6.59. The van der Waals surface area contributed by atoms with Crippen molar-refractivity contribution in [2.24, 2.45) is 11.7 Å². The van der Waals surface area contributed by atoms with E-state index in [0.29, 0.717) is 6.54 Å². The van der Waals surface area contributed by atoms with Crippen molar-refractivity contribution in [3.05, 3.63) is 0 Å². The maximum absolute atomic E-state index is 11.5. The van der Waals surface area contributed by atoms with Crippen LogP contribution in [0.15, 0.2) is 0 Å². The van der Waals surface area contributed by atoms with E-state index in [1.807, 2.05) is 13.8 Å². The minimum Gasteiger partial charge on any atom is -0.353 e. The van der Waals surface area contributed by atoms with Gasteiger partial charge in [0.25, 0.3) is 0 Å². The molecule has 0 saturated heterocycles. The minimum atomic E-state index is -0.0145. The molecule has 0 aliphatic heterocycles. The minimum absolute atomic E-state index is 0.0145. The van der Waals surface area contributed by atoms with Crippen LogP contribution in [-0.4, -0.2) is 18.5 Å². The summed E-state index contributed by atoms with van der Waals surface area (Å²) in [5, 5.41) is 2.96. The largest absolute Gasteiger partial charge is 0.353 e. The molecule has 0 bridgehead atoms. The molecule has 78 valence electrons. The predicted molar refractivity (Wildman–Crippen MR) is 55.3 cm³/mol. The molecule has 0 spiro atoms. The second kappa shape index (κ2) is 6.89. The summed E-state index contributed by atoms with van der Waals surface area (Å²) in [6.07, 6.45) is 2.95. The number of amides is 1. The SMILES string of the molecule is CCCC(C)NC(=O)C(CC)CN. The smallest absolute Gasteiger partial charge is 0.224 e. The maximum Gasteiger partial charge on any atom is 0.224 e. The molecule has 0 aromatic carbocycles. The van der Waals surface area contributed by atoms with E-state index in [2.05, 4.69) is 12.2 Å². The Bertz CT molecular complexity index is 144. The van der Waals surface area contributed by atoms with Crippen LogP contribution in [0.4, 0.5) is 0 Å². The van der Waals surface area contributed by atoms with Gasteiger partial charge in [-0.1, -0.05) is 20.3 Å². The molecule has 0 fully saturated rings. The lowest BCUT2D eigenvalue weighted by atomic mass is 10.1. The number of hydrogen-bond donors (Lipinski definition) is 2. The van der Waals surface area contributed by atoms with Gasteiger partial charge in [-0.3, -0.25) is 4.79 Å². The Labute approximate surface area is 81.1 Å². The molecule has 0 aromatic heterocycles. The number of rotatable bonds is 6. The van der Waals surface area contributed by atoms with Crippen molar-refractivity contribution in [1.29, 1.82) is 0 Å². The summed E-state index contributed by atoms with van der Waals surface area (Å²) in [7, 11) is 0. The Morgan fingerprint density at radius 1 is 1.46 bits per heavy atom. The molecule has 0 aliphatic carbocycles. The maximum atomic E-state index is 11.5. The van der Waals surface area contributed by atoms with E-state index >= 15 is 0 Å². The van der Waals surface area contributed by atoms with Crippen LogP contribution in [0, 0.1) is 5.92 Å². The van der Waals surface area contributed by atoms with Crippen molar-refractivity contribution >= 4 is 5.91 Å². The highest BCUT2D eigenvalue weighted by Crippen LogP contribution is 2.02. The third-order valence-electron chi connectivity index (χ3n) is 2.26. The molecule has 1 amide bonds. The van der Waals surface area contributed by atoms with Crippen LogP contribution >= 0.6 is 0 Å². The van der Waals surface area contributed by atoms with E-state index in [4.69, 9.17) is 5.73 Å². The van der Waals surface area contributed by atoms with E-state index in [1.165, 1.54) is 0 Å². The zero-order chi connectivity index (χ0) is 10.3. The van der Waals surface area contributed by atoms with Gasteiger partial charge in [0.05, 0.1) is 0 Å². The third kappa shape index (κ3) is 4.88. The van der Waals surface area contributed by atoms with Gasteiger partial charge in [0, 0.05) is 18.5 Å². The lowest BCUT2D eigenvalue weighted by Gasteiger charge is -2.17. The Morgan fingerprint density at radius 2 is 2.08 bits per heavy atom. The van der Waals surface area contributed by atoms with Gasteiger partial charge in [0.1, 0.15) is 0 Å². The van der Waals surface area contributed by atoms with Gasteiger partial charge in [-0.25, -0.2) is 0 Å². The van der Waals surface area contributed by atoms with Crippen molar-refractivity contribution in [2.75, 3.05) is 6.54 Å². The van der Waals surface area contributed by atoms with Crippen LogP contribution < -0.4 is 11.1 Å². The first kappa shape index (κ1) is 12.4. The Hall–Kier alpha value is -0.570. The van der Waals surface area contributed by atoms with Crippen LogP contribution in [0.2, 0.25) is 0 Å². The van der Waals surface area contributed by atoms with E-state index in [9.17, 15) is 4.79 Å². The van der Waals surface area contributed by atoms with E-state index in [1.54, 1.807) is 0 Å². The van der Waals surface area contributed by atoms with Gasteiger partial charge in [-0.15, -0.1) is 0 Å². The molecule has 3 nitrogen and oxygen atoms in total. The monoisotopic (exact) mass is 186 g/mol. The standard InChI is InChI=1S/C10H22N2O/c1-4-6-8(3)12-10(13)9(5-2)7-11/h8-9H,4-7,11H2,1-3H3,(H,12,13). The number of hydrogen-bond acceptors (Lipinski definition) is 2. The first-order chi connectivity index (χ1) is 6.15.